The van der Waals surface area contributed by atoms with Gasteiger partial charge in [-0.2, -0.15) is 0 Å². The first-order valence-corrected chi connectivity index (χ1v) is 5.07. The number of aromatic nitrogens is 3. The minimum Gasteiger partial charge on any atom is -0.489 e. The minimum atomic E-state index is 0.419. The molecule has 5 heteroatoms. The lowest BCUT2D eigenvalue weighted by atomic mass is 10.4. The summed E-state index contributed by atoms with van der Waals surface area (Å²) in [4.78, 5) is 8.15. The first-order chi connectivity index (χ1) is 7.77. The molecule has 0 saturated carbocycles. The van der Waals surface area contributed by atoms with Crippen molar-refractivity contribution in [2.75, 3.05) is 12.3 Å². The number of nitrogens with two attached hydrogens (primary N) is 1. The highest BCUT2D eigenvalue weighted by Gasteiger charge is 2.02. The van der Waals surface area contributed by atoms with E-state index in [0.29, 0.717) is 18.2 Å². The van der Waals surface area contributed by atoms with Gasteiger partial charge in [0, 0.05) is 32.1 Å². The van der Waals surface area contributed by atoms with Crippen molar-refractivity contribution in [3.05, 3.63) is 36.5 Å². The molecule has 0 aromatic carbocycles. The Morgan fingerprint density at radius 1 is 1.38 bits per heavy atom. The van der Waals surface area contributed by atoms with Crippen LogP contribution in [0.25, 0.3) is 0 Å². The molecule has 0 radical (unpaired) electrons. The Kier molecular flexibility index (Phi) is 3.05. The number of nitrogen functional groups attached to an aromatic ring is 1. The van der Waals surface area contributed by atoms with Crippen LogP contribution in [0.15, 0.2) is 30.7 Å². The van der Waals surface area contributed by atoms with Crippen LogP contribution in [0.4, 0.5) is 5.82 Å². The van der Waals surface area contributed by atoms with E-state index < -0.39 is 0 Å². The molecule has 2 aromatic rings. The second-order valence-electron chi connectivity index (χ2n) is 3.44. The van der Waals surface area contributed by atoms with Gasteiger partial charge in [-0.15, -0.1) is 0 Å². The van der Waals surface area contributed by atoms with Crippen molar-refractivity contribution in [2.24, 2.45) is 7.05 Å². The Morgan fingerprint density at radius 2 is 2.25 bits per heavy atom. The maximum absolute atomic E-state index is 5.65. The number of rotatable bonds is 4. The number of hydrogen-bond acceptors (Lipinski definition) is 4. The molecule has 0 amide bonds. The fourth-order valence-corrected chi connectivity index (χ4v) is 1.41. The van der Waals surface area contributed by atoms with Crippen molar-refractivity contribution in [2.45, 2.75) is 6.42 Å². The summed E-state index contributed by atoms with van der Waals surface area (Å²) in [7, 11) is 1.96. The van der Waals surface area contributed by atoms with Gasteiger partial charge >= 0.3 is 0 Å². The number of hydrogen-bond donors (Lipinski definition) is 1. The lowest BCUT2D eigenvalue weighted by molar-refractivity contribution is 0.318. The number of pyridine rings is 1. The van der Waals surface area contributed by atoms with Crippen LogP contribution < -0.4 is 10.5 Å². The van der Waals surface area contributed by atoms with Gasteiger partial charge in [0.2, 0.25) is 0 Å². The van der Waals surface area contributed by atoms with Crippen LogP contribution in [0.5, 0.6) is 5.75 Å². The number of imidazole rings is 1. The molecular formula is C11H14N4O. The fraction of sp³-hybridized carbons (Fsp3) is 0.273. The standard InChI is InChI=1S/C11H14N4O/c1-15-7-6-13-10(15)4-8-16-9-3-2-5-14-11(9)12/h2-3,5-7H,4,8H2,1H3,(H2,12,14). The Bertz CT molecular complexity index is 467. The predicted octanol–water partition coefficient (Wildman–Crippen LogP) is 1.02. The lowest BCUT2D eigenvalue weighted by Gasteiger charge is -2.07. The first-order valence-electron chi connectivity index (χ1n) is 5.07. The van der Waals surface area contributed by atoms with Crippen LogP contribution in [0, 0.1) is 0 Å². The van der Waals surface area contributed by atoms with Gasteiger partial charge in [-0.3, -0.25) is 0 Å². The van der Waals surface area contributed by atoms with E-state index in [1.807, 2.05) is 17.8 Å². The van der Waals surface area contributed by atoms with Crippen LogP contribution in [0.3, 0.4) is 0 Å². The number of anilines is 1. The van der Waals surface area contributed by atoms with E-state index in [1.54, 1.807) is 24.5 Å². The van der Waals surface area contributed by atoms with Crippen molar-refractivity contribution < 1.29 is 4.74 Å². The third kappa shape index (κ3) is 2.31. The normalized spacial score (nSPS) is 10.3. The Balaban J connectivity index is 1.89. The van der Waals surface area contributed by atoms with E-state index in [9.17, 15) is 0 Å². The van der Waals surface area contributed by atoms with Crippen molar-refractivity contribution >= 4 is 5.82 Å². The fourth-order valence-electron chi connectivity index (χ4n) is 1.41. The molecule has 0 spiro atoms. The van der Waals surface area contributed by atoms with Crippen LogP contribution in [-0.2, 0) is 13.5 Å². The van der Waals surface area contributed by atoms with E-state index in [1.165, 1.54) is 0 Å². The average molecular weight is 218 g/mol. The van der Waals surface area contributed by atoms with Crippen molar-refractivity contribution in [3.63, 3.8) is 0 Å². The topological polar surface area (TPSA) is 66.0 Å². The van der Waals surface area contributed by atoms with E-state index in [2.05, 4.69) is 9.97 Å². The number of aryl methyl sites for hydroxylation is 1. The van der Waals surface area contributed by atoms with Crippen LogP contribution >= 0.6 is 0 Å². The van der Waals surface area contributed by atoms with Gasteiger partial charge < -0.3 is 15.0 Å². The molecule has 0 fully saturated rings. The van der Waals surface area contributed by atoms with Crippen LogP contribution in [-0.4, -0.2) is 21.1 Å². The number of ether oxygens (including phenoxy) is 1. The summed E-state index contributed by atoms with van der Waals surface area (Å²) in [6.45, 7) is 0.542. The minimum absolute atomic E-state index is 0.419. The summed E-state index contributed by atoms with van der Waals surface area (Å²) in [5, 5.41) is 0. The van der Waals surface area contributed by atoms with Crippen LogP contribution in [0.2, 0.25) is 0 Å². The number of nitrogens with zero attached hydrogens (tertiary/aromatic N) is 3. The van der Waals surface area contributed by atoms with Gasteiger partial charge in [-0.05, 0) is 12.1 Å². The summed E-state index contributed by atoms with van der Waals surface area (Å²) in [5.41, 5.74) is 5.65. The van der Waals surface area contributed by atoms with Crippen LogP contribution in [0.1, 0.15) is 5.82 Å². The zero-order chi connectivity index (χ0) is 11.4. The second-order valence-corrected chi connectivity index (χ2v) is 3.44. The first kappa shape index (κ1) is 10.5. The Hall–Kier alpha value is -2.04. The van der Waals surface area contributed by atoms with E-state index in [0.717, 1.165) is 12.2 Å². The zero-order valence-corrected chi connectivity index (χ0v) is 9.13. The molecule has 0 aliphatic rings. The Labute approximate surface area is 93.9 Å². The molecule has 2 N–H and O–H groups in total. The summed E-state index contributed by atoms with van der Waals surface area (Å²) >= 11 is 0. The molecule has 0 saturated heterocycles. The highest BCUT2D eigenvalue weighted by atomic mass is 16.5. The highest BCUT2D eigenvalue weighted by Crippen LogP contribution is 2.16. The molecule has 2 rings (SSSR count). The summed E-state index contributed by atoms with van der Waals surface area (Å²) in [5.74, 6) is 2.03. The molecule has 16 heavy (non-hydrogen) atoms. The summed E-state index contributed by atoms with van der Waals surface area (Å²) in [6, 6.07) is 3.60. The van der Waals surface area contributed by atoms with Gasteiger partial charge in [-0.25, -0.2) is 9.97 Å². The molecule has 2 aromatic heterocycles. The molecule has 5 nitrogen and oxygen atoms in total. The summed E-state index contributed by atoms with van der Waals surface area (Å²) < 4.78 is 7.49. The van der Waals surface area contributed by atoms with E-state index in [4.69, 9.17) is 10.5 Å². The molecule has 0 bridgehead atoms. The van der Waals surface area contributed by atoms with Gasteiger partial charge in [-0.1, -0.05) is 0 Å². The van der Waals surface area contributed by atoms with Gasteiger partial charge in [0.1, 0.15) is 5.82 Å². The SMILES string of the molecule is Cn1ccnc1CCOc1cccnc1N. The van der Waals surface area contributed by atoms with Crippen molar-refractivity contribution in [1.29, 1.82) is 0 Å². The second kappa shape index (κ2) is 4.65. The van der Waals surface area contributed by atoms with Gasteiger partial charge in [0.05, 0.1) is 6.61 Å². The van der Waals surface area contributed by atoms with E-state index >= 15 is 0 Å². The molecule has 0 unspecified atom stereocenters. The molecule has 2 heterocycles. The predicted molar refractivity (Wildman–Crippen MR) is 61.1 cm³/mol. The van der Waals surface area contributed by atoms with Gasteiger partial charge in [0.25, 0.3) is 0 Å². The molecule has 0 atom stereocenters. The maximum Gasteiger partial charge on any atom is 0.166 e. The molecule has 84 valence electrons. The highest BCUT2D eigenvalue weighted by molar-refractivity contribution is 5.44. The lowest BCUT2D eigenvalue weighted by Crippen LogP contribution is -2.07. The van der Waals surface area contributed by atoms with Crippen molar-refractivity contribution in [3.8, 4) is 5.75 Å². The van der Waals surface area contributed by atoms with Gasteiger partial charge in [0.15, 0.2) is 11.6 Å². The Morgan fingerprint density at radius 3 is 2.94 bits per heavy atom. The van der Waals surface area contributed by atoms with E-state index in [-0.39, 0.29) is 0 Å². The molecule has 0 aliphatic heterocycles. The quantitative estimate of drug-likeness (QED) is 0.832. The molecule has 0 aliphatic carbocycles. The smallest absolute Gasteiger partial charge is 0.166 e. The van der Waals surface area contributed by atoms with Crippen molar-refractivity contribution in [1.82, 2.24) is 14.5 Å². The monoisotopic (exact) mass is 218 g/mol. The largest absolute Gasteiger partial charge is 0.489 e. The third-order valence-electron chi connectivity index (χ3n) is 2.30. The summed E-state index contributed by atoms with van der Waals surface area (Å²) in [6.07, 6.45) is 6.07. The average Bonchev–Trinajstić information content (AvgIpc) is 2.67. The zero-order valence-electron chi connectivity index (χ0n) is 9.13. The third-order valence-corrected chi connectivity index (χ3v) is 2.30. The maximum atomic E-state index is 5.65. The molecular weight excluding hydrogens is 204 g/mol.